The summed E-state index contributed by atoms with van der Waals surface area (Å²) < 4.78 is 2.40. The first kappa shape index (κ1) is 12.9. The van der Waals surface area contributed by atoms with Crippen LogP contribution in [0.1, 0.15) is 62.9 Å². The van der Waals surface area contributed by atoms with Crippen molar-refractivity contribution in [1.29, 1.82) is 5.26 Å². The molecule has 0 N–H and O–H groups in total. The average Bonchev–Trinajstić information content (AvgIpc) is 3.18. The SMILES string of the molecule is CC(C)n1c(C2CC3CCC2C3)nc2cc(C#N)ccc21. The van der Waals surface area contributed by atoms with E-state index in [1.54, 1.807) is 0 Å². The Morgan fingerprint density at radius 1 is 1.29 bits per heavy atom. The highest BCUT2D eigenvalue weighted by Crippen LogP contribution is 2.53. The minimum absolute atomic E-state index is 0.414. The summed E-state index contributed by atoms with van der Waals surface area (Å²) in [5, 5.41) is 9.10. The van der Waals surface area contributed by atoms with Crippen LogP contribution in [0.2, 0.25) is 0 Å². The van der Waals surface area contributed by atoms with Gasteiger partial charge < -0.3 is 4.57 Å². The molecule has 1 aromatic carbocycles. The van der Waals surface area contributed by atoms with Gasteiger partial charge in [0, 0.05) is 12.0 Å². The summed E-state index contributed by atoms with van der Waals surface area (Å²) >= 11 is 0. The first-order chi connectivity index (χ1) is 10.2. The van der Waals surface area contributed by atoms with E-state index in [4.69, 9.17) is 10.2 Å². The van der Waals surface area contributed by atoms with Crippen LogP contribution >= 0.6 is 0 Å². The van der Waals surface area contributed by atoms with E-state index < -0.39 is 0 Å². The maximum Gasteiger partial charge on any atom is 0.113 e. The Labute approximate surface area is 125 Å². The molecule has 4 rings (SSSR count). The van der Waals surface area contributed by atoms with Gasteiger partial charge in [-0.25, -0.2) is 4.98 Å². The maximum atomic E-state index is 9.10. The lowest BCUT2D eigenvalue weighted by Crippen LogP contribution is -2.16. The normalized spacial score (nSPS) is 27.6. The summed E-state index contributed by atoms with van der Waals surface area (Å²) in [6.45, 7) is 4.46. The Morgan fingerprint density at radius 2 is 2.14 bits per heavy atom. The first-order valence-electron chi connectivity index (χ1n) is 8.09. The third-order valence-corrected chi connectivity index (χ3v) is 5.43. The molecule has 2 aromatic rings. The van der Waals surface area contributed by atoms with Crippen LogP contribution in [0.3, 0.4) is 0 Å². The number of rotatable bonds is 2. The lowest BCUT2D eigenvalue weighted by molar-refractivity contribution is 0.388. The molecular weight excluding hydrogens is 258 g/mol. The zero-order valence-electron chi connectivity index (χ0n) is 12.7. The number of hydrogen-bond acceptors (Lipinski definition) is 2. The topological polar surface area (TPSA) is 41.6 Å². The molecule has 2 aliphatic carbocycles. The van der Waals surface area contributed by atoms with Crippen LogP contribution in [0.5, 0.6) is 0 Å². The summed E-state index contributed by atoms with van der Waals surface area (Å²) in [5.74, 6) is 3.65. The number of imidazole rings is 1. The predicted molar refractivity (Wildman–Crippen MR) is 83.0 cm³/mol. The standard InChI is InChI=1S/C18H21N3/c1-11(2)21-17-6-4-13(10-19)9-16(17)20-18(21)15-8-12-3-5-14(15)7-12/h4,6,9,11-12,14-15H,3,5,7-8H2,1-2H3. The number of aromatic nitrogens is 2. The van der Waals surface area contributed by atoms with Crippen LogP contribution in [0.4, 0.5) is 0 Å². The zero-order chi connectivity index (χ0) is 14.6. The molecule has 1 heterocycles. The van der Waals surface area contributed by atoms with Gasteiger partial charge in [0.2, 0.25) is 0 Å². The third-order valence-electron chi connectivity index (χ3n) is 5.43. The molecule has 2 aliphatic rings. The van der Waals surface area contributed by atoms with Gasteiger partial charge in [0.25, 0.3) is 0 Å². The largest absolute Gasteiger partial charge is 0.325 e. The highest BCUT2D eigenvalue weighted by molar-refractivity contribution is 5.78. The molecule has 2 saturated carbocycles. The molecule has 0 radical (unpaired) electrons. The van der Waals surface area contributed by atoms with Gasteiger partial charge in [-0.15, -0.1) is 0 Å². The molecule has 3 atom stereocenters. The van der Waals surface area contributed by atoms with E-state index in [1.807, 2.05) is 12.1 Å². The Kier molecular flexibility index (Phi) is 2.82. The number of benzene rings is 1. The van der Waals surface area contributed by atoms with E-state index in [0.717, 1.165) is 17.4 Å². The molecule has 108 valence electrons. The van der Waals surface area contributed by atoms with Crippen molar-refractivity contribution < 1.29 is 0 Å². The molecule has 0 saturated heterocycles. The highest BCUT2D eigenvalue weighted by atomic mass is 15.1. The molecule has 0 aliphatic heterocycles. The Bertz CT molecular complexity index is 735. The second-order valence-corrected chi connectivity index (χ2v) is 7.03. The van der Waals surface area contributed by atoms with E-state index in [2.05, 4.69) is 30.6 Å². The van der Waals surface area contributed by atoms with Crippen molar-refractivity contribution in [2.45, 2.75) is 51.5 Å². The van der Waals surface area contributed by atoms with Crippen LogP contribution in [0, 0.1) is 23.2 Å². The lowest BCUT2D eigenvalue weighted by atomic mass is 9.88. The van der Waals surface area contributed by atoms with Gasteiger partial charge in [0.05, 0.1) is 22.7 Å². The predicted octanol–water partition coefficient (Wildman–Crippen LogP) is 4.39. The zero-order valence-corrected chi connectivity index (χ0v) is 12.7. The molecule has 3 unspecified atom stereocenters. The van der Waals surface area contributed by atoms with Crippen molar-refractivity contribution in [3.8, 4) is 6.07 Å². The van der Waals surface area contributed by atoms with Crippen molar-refractivity contribution in [2.75, 3.05) is 0 Å². The monoisotopic (exact) mass is 279 g/mol. The molecule has 1 aromatic heterocycles. The van der Waals surface area contributed by atoms with Crippen LogP contribution in [0.15, 0.2) is 18.2 Å². The van der Waals surface area contributed by atoms with Crippen molar-refractivity contribution in [3.05, 3.63) is 29.6 Å². The number of nitriles is 1. The van der Waals surface area contributed by atoms with E-state index >= 15 is 0 Å². The van der Waals surface area contributed by atoms with Crippen LogP contribution in [0.25, 0.3) is 11.0 Å². The van der Waals surface area contributed by atoms with Gasteiger partial charge in [-0.1, -0.05) is 6.42 Å². The van der Waals surface area contributed by atoms with Gasteiger partial charge in [-0.2, -0.15) is 5.26 Å². The molecule has 2 bridgehead atoms. The van der Waals surface area contributed by atoms with Gasteiger partial charge in [0.1, 0.15) is 5.82 Å². The fourth-order valence-corrected chi connectivity index (χ4v) is 4.55. The average molecular weight is 279 g/mol. The third kappa shape index (κ3) is 1.89. The molecule has 2 fully saturated rings. The molecule has 3 heteroatoms. The number of hydrogen-bond donors (Lipinski definition) is 0. The fourth-order valence-electron chi connectivity index (χ4n) is 4.55. The lowest BCUT2D eigenvalue weighted by Gasteiger charge is -2.24. The highest BCUT2D eigenvalue weighted by Gasteiger charge is 2.42. The van der Waals surface area contributed by atoms with Crippen LogP contribution < -0.4 is 0 Å². The van der Waals surface area contributed by atoms with Gasteiger partial charge >= 0.3 is 0 Å². The van der Waals surface area contributed by atoms with Crippen molar-refractivity contribution in [1.82, 2.24) is 9.55 Å². The summed E-state index contributed by atoms with van der Waals surface area (Å²) in [6, 6.07) is 8.55. The minimum atomic E-state index is 0.414. The first-order valence-corrected chi connectivity index (χ1v) is 8.09. The molecule has 0 spiro atoms. The minimum Gasteiger partial charge on any atom is -0.325 e. The van der Waals surface area contributed by atoms with Crippen molar-refractivity contribution >= 4 is 11.0 Å². The van der Waals surface area contributed by atoms with Crippen molar-refractivity contribution in [3.63, 3.8) is 0 Å². The quantitative estimate of drug-likeness (QED) is 0.818. The van der Waals surface area contributed by atoms with E-state index in [9.17, 15) is 0 Å². The van der Waals surface area contributed by atoms with Gasteiger partial charge in [-0.05, 0) is 63.1 Å². The van der Waals surface area contributed by atoms with E-state index in [-0.39, 0.29) is 0 Å². The molecular formula is C18H21N3. The maximum absolute atomic E-state index is 9.10. The summed E-state index contributed by atoms with van der Waals surface area (Å²) in [6.07, 6.45) is 5.50. The van der Waals surface area contributed by atoms with Crippen molar-refractivity contribution in [2.24, 2.45) is 11.8 Å². The van der Waals surface area contributed by atoms with E-state index in [0.29, 0.717) is 17.5 Å². The van der Waals surface area contributed by atoms with Gasteiger partial charge in [0.15, 0.2) is 0 Å². The second kappa shape index (κ2) is 4.59. The summed E-state index contributed by atoms with van der Waals surface area (Å²) in [7, 11) is 0. The molecule has 3 nitrogen and oxygen atoms in total. The number of nitrogens with zero attached hydrogens (tertiary/aromatic N) is 3. The summed E-state index contributed by atoms with van der Waals surface area (Å²) in [4.78, 5) is 4.96. The fraction of sp³-hybridized carbons (Fsp3) is 0.556. The number of fused-ring (bicyclic) bond motifs is 3. The summed E-state index contributed by atoms with van der Waals surface area (Å²) in [5.41, 5.74) is 2.87. The van der Waals surface area contributed by atoms with Crippen LogP contribution in [-0.4, -0.2) is 9.55 Å². The Hall–Kier alpha value is -1.82. The van der Waals surface area contributed by atoms with Gasteiger partial charge in [-0.3, -0.25) is 0 Å². The smallest absolute Gasteiger partial charge is 0.113 e. The molecule has 21 heavy (non-hydrogen) atoms. The Morgan fingerprint density at radius 3 is 2.76 bits per heavy atom. The second-order valence-electron chi connectivity index (χ2n) is 7.03. The van der Waals surface area contributed by atoms with Crippen LogP contribution in [-0.2, 0) is 0 Å². The Balaban J connectivity index is 1.87. The molecule has 0 amide bonds. The van der Waals surface area contributed by atoms with E-state index in [1.165, 1.54) is 37.0 Å².